The maximum Gasteiger partial charge on any atom is 0.279 e. The summed E-state index contributed by atoms with van der Waals surface area (Å²) in [6.45, 7) is 3.28. The largest absolute Gasteiger partial charge is 0.338 e. The zero-order valence-corrected chi connectivity index (χ0v) is 10.9. The smallest absolute Gasteiger partial charge is 0.279 e. The van der Waals surface area contributed by atoms with Crippen LogP contribution in [0.2, 0.25) is 0 Å². The molecule has 6 nitrogen and oxygen atoms in total. The fraction of sp³-hybridized carbons (Fsp3) is 0.700. The van der Waals surface area contributed by atoms with Gasteiger partial charge in [-0.05, 0) is 6.42 Å². The average Bonchev–Trinajstić information content (AvgIpc) is 2.85. The van der Waals surface area contributed by atoms with Crippen molar-refractivity contribution in [1.29, 1.82) is 0 Å². The summed E-state index contributed by atoms with van der Waals surface area (Å²) in [5.41, 5.74) is 0. The van der Waals surface area contributed by atoms with Gasteiger partial charge >= 0.3 is 0 Å². The van der Waals surface area contributed by atoms with Gasteiger partial charge in [0.15, 0.2) is 0 Å². The zero-order chi connectivity index (χ0) is 12.5. The summed E-state index contributed by atoms with van der Waals surface area (Å²) in [6.07, 6.45) is 4.46. The molecule has 0 bridgehead atoms. The SMILES string of the molecule is CCNS(=O)(=O)N1CCC(c2nccn2C)C1. The molecule has 0 radical (unpaired) electrons. The van der Waals surface area contributed by atoms with Crippen LogP contribution in [-0.4, -0.2) is 41.9 Å². The van der Waals surface area contributed by atoms with Crippen LogP contribution in [0.3, 0.4) is 0 Å². The van der Waals surface area contributed by atoms with E-state index in [1.807, 2.05) is 17.8 Å². The summed E-state index contributed by atoms with van der Waals surface area (Å²) in [7, 11) is -1.37. The zero-order valence-electron chi connectivity index (χ0n) is 10.1. The molecule has 2 rings (SSSR count). The van der Waals surface area contributed by atoms with Crippen molar-refractivity contribution in [3.05, 3.63) is 18.2 Å². The van der Waals surface area contributed by atoms with Gasteiger partial charge in [-0.1, -0.05) is 6.92 Å². The fourth-order valence-electron chi connectivity index (χ4n) is 2.20. The van der Waals surface area contributed by atoms with E-state index in [2.05, 4.69) is 9.71 Å². The topological polar surface area (TPSA) is 67.2 Å². The number of imidazole rings is 1. The van der Waals surface area contributed by atoms with Gasteiger partial charge in [0, 0.05) is 45.0 Å². The predicted molar refractivity (Wildman–Crippen MR) is 64.7 cm³/mol. The van der Waals surface area contributed by atoms with Gasteiger partial charge in [-0.15, -0.1) is 0 Å². The second-order valence-corrected chi connectivity index (χ2v) is 6.00. The standard InChI is InChI=1S/C10H18N4O2S/c1-3-12-17(15,16)14-6-4-9(8-14)10-11-5-7-13(10)2/h5,7,9,12H,3-4,6,8H2,1-2H3. The van der Waals surface area contributed by atoms with Crippen LogP contribution in [0.25, 0.3) is 0 Å². The van der Waals surface area contributed by atoms with E-state index in [1.165, 1.54) is 4.31 Å². The van der Waals surface area contributed by atoms with E-state index in [1.54, 1.807) is 13.1 Å². The second-order valence-electron chi connectivity index (χ2n) is 4.24. The predicted octanol–water partition coefficient (Wildman–Crippen LogP) is 0.0637. The van der Waals surface area contributed by atoms with Gasteiger partial charge < -0.3 is 4.57 Å². The summed E-state index contributed by atoms with van der Waals surface area (Å²) in [6, 6.07) is 0. The maximum atomic E-state index is 11.8. The van der Waals surface area contributed by atoms with Gasteiger partial charge in [-0.3, -0.25) is 0 Å². The fourth-order valence-corrected chi connectivity index (χ4v) is 3.47. The molecule has 1 aliphatic rings. The minimum Gasteiger partial charge on any atom is -0.338 e. The van der Waals surface area contributed by atoms with Crippen LogP contribution in [0.4, 0.5) is 0 Å². The molecule has 1 atom stereocenters. The molecule has 17 heavy (non-hydrogen) atoms. The Morgan fingerprint density at radius 1 is 1.59 bits per heavy atom. The van der Waals surface area contributed by atoms with Gasteiger partial charge in [0.05, 0.1) is 0 Å². The number of nitrogens with one attached hydrogen (secondary N) is 1. The van der Waals surface area contributed by atoms with Gasteiger partial charge in [0.25, 0.3) is 10.2 Å². The number of aromatic nitrogens is 2. The van der Waals surface area contributed by atoms with Crippen molar-refractivity contribution in [2.75, 3.05) is 19.6 Å². The molecule has 2 heterocycles. The molecule has 96 valence electrons. The summed E-state index contributed by atoms with van der Waals surface area (Å²) >= 11 is 0. The Labute approximate surface area is 102 Å². The van der Waals surface area contributed by atoms with Crippen molar-refractivity contribution >= 4 is 10.2 Å². The Kier molecular flexibility index (Phi) is 3.50. The first-order valence-electron chi connectivity index (χ1n) is 5.76. The number of nitrogens with zero attached hydrogens (tertiary/aromatic N) is 3. The minimum absolute atomic E-state index is 0.198. The van der Waals surface area contributed by atoms with Crippen LogP contribution >= 0.6 is 0 Å². The van der Waals surface area contributed by atoms with Crippen molar-refractivity contribution in [1.82, 2.24) is 18.6 Å². The monoisotopic (exact) mass is 258 g/mol. The van der Waals surface area contributed by atoms with E-state index >= 15 is 0 Å². The lowest BCUT2D eigenvalue weighted by molar-refractivity contribution is 0.459. The van der Waals surface area contributed by atoms with E-state index in [-0.39, 0.29) is 5.92 Å². The number of rotatable bonds is 4. The molecule has 7 heteroatoms. The molecule has 0 spiro atoms. The normalized spacial score (nSPS) is 22.1. The molecular weight excluding hydrogens is 240 g/mol. The average molecular weight is 258 g/mol. The highest BCUT2D eigenvalue weighted by atomic mass is 32.2. The Morgan fingerprint density at radius 2 is 2.35 bits per heavy atom. The molecule has 0 aliphatic carbocycles. The lowest BCUT2D eigenvalue weighted by Gasteiger charge is -2.16. The van der Waals surface area contributed by atoms with E-state index < -0.39 is 10.2 Å². The van der Waals surface area contributed by atoms with Gasteiger partial charge in [-0.25, -0.2) is 9.71 Å². The van der Waals surface area contributed by atoms with Crippen LogP contribution < -0.4 is 4.72 Å². The van der Waals surface area contributed by atoms with Crippen molar-refractivity contribution in [3.8, 4) is 0 Å². The number of aryl methyl sites for hydroxylation is 1. The maximum absolute atomic E-state index is 11.8. The van der Waals surface area contributed by atoms with Crippen molar-refractivity contribution in [2.45, 2.75) is 19.3 Å². The molecule has 1 N–H and O–H groups in total. The molecule has 0 saturated carbocycles. The molecule has 1 saturated heterocycles. The van der Waals surface area contributed by atoms with Gasteiger partial charge in [-0.2, -0.15) is 12.7 Å². The lowest BCUT2D eigenvalue weighted by atomic mass is 10.1. The van der Waals surface area contributed by atoms with E-state index in [0.717, 1.165) is 12.2 Å². The molecule has 0 aromatic carbocycles. The van der Waals surface area contributed by atoms with Crippen LogP contribution in [0, 0.1) is 0 Å². The van der Waals surface area contributed by atoms with Gasteiger partial charge in [0.2, 0.25) is 0 Å². The van der Waals surface area contributed by atoms with Crippen LogP contribution in [0.15, 0.2) is 12.4 Å². The molecule has 0 amide bonds. The summed E-state index contributed by atoms with van der Waals surface area (Å²) in [4.78, 5) is 4.28. The summed E-state index contributed by atoms with van der Waals surface area (Å²) < 4.78 is 29.6. The Hall–Kier alpha value is -0.920. The lowest BCUT2D eigenvalue weighted by Crippen LogP contribution is -2.39. The highest BCUT2D eigenvalue weighted by Gasteiger charge is 2.33. The molecule has 1 aromatic heterocycles. The van der Waals surface area contributed by atoms with E-state index in [0.29, 0.717) is 19.6 Å². The molecule has 1 fully saturated rings. The van der Waals surface area contributed by atoms with Gasteiger partial charge in [0.1, 0.15) is 5.82 Å². The van der Waals surface area contributed by atoms with Crippen molar-refractivity contribution in [3.63, 3.8) is 0 Å². The van der Waals surface area contributed by atoms with Crippen LogP contribution in [-0.2, 0) is 17.3 Å². The number of hydrogen-bond donors (Lipinski definition) is 1. The second kappa shape index (κ2) is 4.75. The molecule has 1 unspecified atom stereocenters. The molecule has 1 aliphatic heterocycles. The van der Waals surface area contributed by atoms with Crippen molar-refractivity contribution in [2.24, 2.45) is 7.05 Å². The minimum atomic E-state index is -3.30. The summed E-state index contributed by atoms with van der Waals surface area (Å²) in [5, 5.41) is 0. The van der Waals surface area contributed by atoms with Crippen molar-refractivity contribution < 1.29 is 8.42 Å². The first kappa shape index (κ1) is 12.5. The number of hydrogen-bond acceptors (Lipinski definition) is 3. The first-order chi connectivity index (χ1) is 8.04. The van der Waals surface area contributed by atoms with E-state index in [9.17, 15) is 8.42 Å². The molecule has 1 aromatic rings. The Bertz CT molecular complexity index is 482. The third-order valence-corrected chi connectivity index (χ3v) is 4.71. The Balaban J connectivity index is 2.08. The Morgan fingerprint density at radius 3 is 2.94 bits per heavy atom. The van der Waals surface area contributed by atoms with E-state index in [4.69, 9.17) is 0 Å². The first-order valence-corrected chi connectivity index (χ1v) is 7.20. The highest BCUT2D eigenvalue weighted by molar-refractivity contribution is 7.87. The van der Waals surface area contributed by atoms with Crippen LogP contribution in [0.5, 0.6) is 0 Å². The van der Waals surface area contributed by atoms with Crippen LogP contribution in [0.1, 0.15) is 25.1 Å². The third-order valence-electron chi connectivity index (χ3n) is 3.04. The highest BCUT2D eigenvalue weighted by Crippen LogP contribution is 2.26. The summed E-state index contributed by atoms with van der Waals surface area (Å²) in [5.74, 6) is 1.16. The third kappa shape index (κ3) is 2.51. The quantitative estimate of drug-likeness (QED) is 0.830. The molecular formula is C10H18N4O2S.